The topological polar surface area (TPSA) is 42.9 Å². The summed E-state index contributed by atoms with van der Waals surface area (Å²) in [4.78, 5) is 10.9. The van der Waals surface area contributed by atoms with Crippen LogP contribution in [0.15, 0.2) is 22.5 Å². The molecule has 1 aromatic rings. The SMILES string of the molecule is CN=C(NCC(C(C)C)N1CCN(C)CC1)NCC(C)(C)c1cccs1.I. The van der Waals surface area contributed by atoms with E-state index in [4.69, 9.17) is 0 Å². The van der Waals surface area contributed by atoms with Crippen molar-refractivity contribution >= 4 is 41.3 Å². The summed E-state index contributed by atoms with van der Waals surface area (Å²) in [5.74, 6) is 1.51. The Labute approximate surface area is 187 Å². The van der Waals surface area contributed by atoms with E-state index in [0.717, 1.165) is 45.2 Å². The second-order valence-electron chi connectivity index (χ2n) is 8.32. The molecule has 1 atom stereocenters. The molecule has 0 saturated carbocycles. The molecule has 1 saturated heterocycles. The number of likely N-dealkylation sites (N-methyl/N-ethyl adjacent to an activating group) is 1. The number of hydrogen-bond acceptors (Lipinski definition) is 4. The third-order valence-corrected chi connectivity index (χ3v) is 6.60. The summed E-state index contributed by atoms with van der Waals surface area (Å²) in [6, 6.07) is 4.87. The standard InChI is InChI=1S/C20H37N5S.HI/c1-16(2)17(25-11-9-24(6)10-12-25)14-22-19(21-5)23-15-20(3,4)18-8-7-13-26-18;/h7-8,13,16-17H,9-12,14-15H2,1-6H3,(H2,21,22,23);1H. The molecule has 0 aromatic carbocycles. The number of halogens is 1. The van der Waals surface area contributed by atoms with Crippen molar-refractivity contribution in [1.29, 1.82) is 0 Å². The molecule has 27 heavy (non-hydrogen) atoms. The van der Waals surface area contributed by atoms with Gasteiger partial charge < -0.3 is 15.5 Å². The van der Waals surface area contributed by atoms with Crippen molar-refractivity contribution in [1.82, 2.24) is 20.4 Å². The second kappa shape index (κ2) is 11.6. The van der Waals surface area contributed by atoms with Gasteiger partial charge in [-0.15, -0.1) is 35.3 Å². The first-order valence-corrected chi connectivity index (χ1v) is 10.6. The average molecular weight is 508 g/mol. The monoisotopic (exact) mass is 507 g/mol. The van der Waals surface area contributed by atoms with Crippen LogP contribution < -0.4 is 10.6 Å². The third-order valence-electron chi connectivity index (χ3n) is 5.36. The highest BCUT2D eigenvalue weighted by atomic mass is 127. The van der Waals surface area contributed by atoms with Crippen molar-refractivity contribution in [3.63, 3.8) is 0 Å². The normalized spacial score (nSPS) is 18.3. The van der Waals surface area contributed by atoms with E-state index in [1.807, 2.05) is 18.4 Å². The van der Waals surface area contributed by atoms with E-state index >= 15 is 0 Å². The highest BCUT2D eigenvalue weighted by molar-refractivity contribution is 14.0. The molecule has 0 radical (unpaired) electrons. The van der Waals surface area contributed by atoms with Crippen molar-refractivity contribution in [2.24, 2.45) is 10.9 Å². The van der Waals surface area contributed by atoms with Gasteiger partial charge >= 0.3 is 0 Å². The molecule has 0 amide bonds. The van der Waals surface area contributed by atoms with Crippen LogP contribution in [0.3, 0.4) is 0 Å². The largest absolute Gasteiger partial charge is 0.356 e. The fourth-order valence-corrected chi connectivity index (χ4v) is 4.27. The van der Waals surface area contributed by atoms with Gasteiger partial charge in [0.25, 0.3) is 0 Å². The molecule has 1 aromatic heterocycles. The summed E-state index contributed by atoms with van der Waals surface area (Å²) in [6.45, 7) is 15.6. The van der Waals surface area contributed by atoms with Crippen molar-refractivity contribution in [3.8, 4) is 0 Å². The molecule has 1 aliphatic rings. The van der Waals surface area contributed by atoms with Gasteiger partial charge in [0.15, 0.2) is 5.96 Å². The van der Waals surface area contributed by atoms with Crippen molar-refractivity contribution in [3.05, 3.63) is 22.4 Å². The summed E-state index contributed by atoms with van der Waals surface area (Å²) in [5.41, 5.74) is 0.0979. The molecular formula is C20H38IN5S. The van der Waals surface area contributed by atoms with Gasteiger partial charge in [0.2, 0.25) is 0 Å². The van der Waals surface area contributed by atoms with E-state index in [-0.39, 0.29) is 29.4 Å². The average Bonchev–Trinajstić information content (AvgIpc) is 3.14. The summed E-state index contributed by atoms with van der Waals surface area (Å²) >= 11 is 1.82. The zero-order valence-corrected chi connectivity index (χ0v) is 20.9. The Morgan fingerprint density at radius 2 is 1.89 bits per heavy atom. The Kier molecular flexibility index (Phi) is 10.6. The van der Waals surface area contributed by atoms with Crippen molar-refractivity contribution in [2.45, 2.75) is 39.2 Å². The molecule has 5 nitrogen and oxygen atoms in total. The molecule has 0 bridgehead atoms. The van der Waals surface area contributed by atoms with Gasteiger partial charge in [0.1, 0.15) is 0 Å². The number of hydrogen-bond donors (Lipinski definition) is 2. The Morgan fingerprint density at radius 1 is 1.22 bits per heavy atom. The van der Waals surface area contributed by atoms with Crippen LogP contribution in [0.5, 0.6) is 0 Å². The van der Waals surface area contributed by atoms with Gasteiger partial charge in [-0.25, -0.2) is 0 Å². The van der Waals surface area contributed by atoms with E-state index in [0.29, 0.717) is 12.0 Å². The molecule has 1 aliphatic heterocycles. The predicted octanol–water partition coefficient (Wildman–Crippen LogP) is 3.08. The van der Waals surface area contributed by atoms with Crippen LogP contribution in [0.2, 0.25) is 0 Å². The Bertz CT molecular complexity index is 551. The Balaban J connectivity index is 0.00000364. The maximum absolute atomic E-state index is 4.43. The van der Waals surface area contributed by atoms with Crippen LogP contribution in [-0.4, -0.2) is 75.2 Å². The summed E-state index contributed by atoms with van der Waals surface area (Å²) in [5, 5.41) is 9.23. The number of nitrogens with zero attached hydrogens (tertiary/aromatic N) is 3. The lowest BCUT2D eigenvalue weighted by molar-refractivity contribution is 0.0900. The molecule has 1 fully saturated rings. The number of nitrogens with one attached hydrogen (secondary N) is 2. The number of thiophene rings is 1. The summed E-state index contributed by atoms with van der Waals surface area (Å²) < 4.78 is 0. The second-order valence-corrected chi connectivity index (χ2v) is 9.27. The van der Waals surface area contributed by atoms with Crippen LogP contribution >= 0.6 is 35.3 Å². The molecule has 1 unspecified atom stereocenters. The molecule has 2 rings (SSSR count). The smallest absolute Gasteiger partial charge is 0.191 e. The van der Waals surface area contributed by atoms with Gasteiger partial charge in [-0.05, 0) is 24.4 Å². The number of rotatable bonds is 7. The highest BCUT2D eigenvalue weighted by Crippen LogP contribution is 2.26. The van der Waals surface area contributed by atoms with Crippen LogP contribution in [0, 0.1) is 5.92 Å². The minimum absolute atomic E-state index is 0. The van der Waals surface area contributed by atoms with Crippen LogP contribution in [0.1, 0.15) is 32.6 Å². The predicted molar refractivity (Wildman–Crippen MR) is 130 cm³/mol. The molecule has 2 N–H and O–H groups in total. The third kappa shape index (κ3) is 7.51. The van der Waals surface area contributed by atoms with Crippen LogP contribution in [0.25, 0.3) is 0 Å². The molecule has 0 spiro atoms. The van der Waals surface area contributed by atoms with Gasteiger partial charge in [0.05, 0.1) is 0 Å². The molecule has 0 aliphatic carbocycles. The minimum Gasteiger partial charge on any atom is -0.356 e. The molecule has 2 heterocycles. The summed E-state index contributed by atoms with van der Waals surface area (Å²) in [7, 11) is 4.06. The summed E-state index contributed by atoms with van der Waals surface area (Å²) in [6.07, 6.45) is 0. The maximum atomic E-state index is 4.43. The van der Waals surface area contributed by atoms with Crippen LogP contribution in [-0.2, 0) is 5.41 Å². The van der Waals surface area contributed by atoms with E-state index in [9.17, 15) is 0 Å². The Morgan fingerprint density at radius 3 is 2.41 bits per heavy atom. The fourth-order valence-electron chi connectivity index (χ4n) is 3.42. The highest BCUT2D eigenvalue weighted by Gasteiger charge is 2.26. The van der Waals surface area contributed by atoms with Gasteiger partial charge in [-0.3, -0.25) is 9.89 Å². The number of guanidine groups is 1. The first-order chi connectivity index (χ1) is 12.3. The first kappa shape index (κ1) is 24.7. The minimum atomic E-state index is 0. The van der Waals surface area contributed by atoms with E-state index in [2.05, 4.69) is 77.7 Å². The lowest BCUT2D eigenvalue weighted by Gasteiger charge is -2.40. The maximum Gasteiger partial charge on any atom is 0.191 e. The van der Waals surface area contributed by atoms with Gasteiger partial charge in [-0.1, -0.05) is 33.8 Å². The zero-order valence-electron chi connectivity index (χ0n) is 17.8. The van der Waals surface area contributed by atoms with Crippen molar-refractivity contribution < 1.29 is 0 Å². The molecule has 156 valence electrons. The number of piperazine rings is 1. The van der Waals surface area contributed by atoms with Crippen LogP contribution in [0.4, 0.5) is 0 Å². The number of aliphatic imine (C=N–C) groups is 1. The van der Waals surface area contributed by atoms with E-state index in [1.54, 1.807) is 0 Å². The van der Waals surface area contributed by atoms with Crippen molar-refractivity contribution in [2.75, 3.05) is 53.4 Å². The van der Waals surface area contributed by atoms with E-state index in [1.165, 1.54) is 4.88 Å². The van der Waals surface area contributed by atoms with Gasteiger partial charge in [-0.2, -0.15) is 0 Å². The quantitative estimate of drug-likeness (QED) is 0.338. The lowest BCUT2D eigenvalue weighted by Crippen LogP contribution is -2.55. The van der Waals surface area contributed by atoms with E-state index < -0.39 is 0 Å². The lowest BCUT2D eigenvalue weighted by atomic mass is 9.91. The molecular weight excluding hydrogens is 469 g/mol. The first-order valence-electron chi connectivity index (χ1n) is 9.74. The Hall–Kier alpha value is -0.380. The zero-order chi connectivity index (χ0) is 19.2. The molecule has 7 heteroatoms. The van der Waals surface area contributed by atoms with Gasteiger partial charge in [0, 0.05) is 62.7 Å². The fraction of sp³-hybridized carbons (Fsp3) is 0.750.